The van der Waals surface area contributed by atoms with Crippen LogP contribution < -0.4 is 10.2 Å². The number of fused-ring (bicyclic) bond motifs is 1. The van der Waals surface area contributed by atoms with Gasteiger partial charge in [-0.3, -0.25) is 0 Å². The number of nitrogens with one attached hydrogen (secondary N) is 1. The number of phenols is 1. The number of halogens is 1. The Balaban J connectivity index is 0.00000256. The van der Waals surface area contributed by atoms with Crippen molar-refractivity contribution < 1.29 is 10.2 Å². The molecule has 2 aromatic rings. The maximum absolute atomic E-state index is 11.2. The average Bonchev–Trinajstić information content (AvgIpc) is 3.09. The maximum atomic E-state index is 11.2. The van der Waals surface area contributed by atoms with Crippen LogP contribution in [0.25, 0.3) is 0 Å². The number of aliphatic imine (C=N–C) groups is 1. The minimum absolute atomic E-state index is 0. The Kier molecular flexibility index (Phi) is 7.46. The van der Waals surface area contributed by atoms with Gasteiger partial charge in [0.25, 0.3) is 0 Å². The lowest BCUT2D eigenvalue weighted by Gasteiger charge is -2.38. The monoisotopic (exact) mass is 522 g/mol. The van der Waals surface area contributed by atoms with Crippen LogP contribution in [0.2, 0.25) is 0 Å². The first-order valence-electron chi connectivity index (χ1n) is 10.5. The van der Waals surface area contributed by atoms with Gasteiger partial charge in [0.2, 0.25) is 0 Å². The second-order valence-electron chi connectivity index (χ2n) is 7.82. The van der Waals surface area contributed by atoms with Crippen LogP contribution in [0.15, 0.2) is 53.5 Å². The van der Waals surface area contributed by atoms with Gasteiger partial charge in [0.1, 0.15) is 11.4 Å². The predicted octanol–water partition coefficient (Wildman–Crippen LogP) is 2.93. The first-order valence-corrected chi connectivity index (χ1v) is 10.5. The molecular weight excluding hydrogens is 491 g/mol. The molecule has 1 aliphatic carbocycles. The minimum atomic E-state index is -0.880. The van der Waals surface area contributed by atoms with Crippen molar-refractivity contribution in [3.8, 4) is 5.75 Å². The van der Waals surface area contributed by atoms with Gasteiger partial charge in [-0.1, -0.05) is 36.4 Å². The zero-order valence-corrected chi connectivity index (χ0v) is 19.8. The van der Waals surface area contributed by atoms with Gasteiger partial charge in [0.15, 0.2) is 5.96 Å². The van der Waals surface area contributed by atoms with E-state index in [-0.39, 0.29) is 24.0 Å². The van der Waals surface area contributed by atoms with Crippen molar-refractivity contribution in [2.24, 2.45) is 4.99 Å². The second-order valence-corrected chi connectivity index (χ2v) is 7.82. The van der Waals surface area contributed by atoms with Gasteiger partial charge in [-0.2, -0.15) is 0 Å². The molecule has 2 aromatic carbocycles. The third kappa shape index (κ3) is 4.67. The Bertz CT molecular complexity index is 883. The number of rotatable bonds is 4. The fourth-order valence-electron chi connectivity index (χ4n) is 4.35. The standard InChI is InChI=1S/C23H30N4O2.HI/c1-2-24-22(25-17-23(29)12-11-18-7-3-4-8-19(18)23)27-15-13-26(14-16-27)20-9-5-6-10-21(20)28;/h3-10,28-29H,2,11-17H2,1H3,(H,24,25);1H. The predicted molar refractivity (Wildman–Crippen MR) is 132 cm³/mol. The van der Waals surface area contributed by atoms with Crippen LogP contribution in [-0.2, 0) is 12.0 Å². The van der Waals surface area contributed by atoms with Crippen molar-refractivity contribution >= 4 is 35.6 Å². The van der Waals surface area contributed by atoms with E-state index in [1.54, 1.807) is 6.07 Å². The number of hydrogen-bond acceptors (Lipinski definition) is 4. The van der Waals surface area contributed by atoms with Crippen LogP contribution >= 0.6 is 24.0 Å². The number of aromatic hydroxyl groups is 1. The lowest BCUT2D eigenvalue weighted by molar-refractivity contribution is 0.0482. The second kappa shape index (κ2) is 9.87. The van der Waals surface area contributed by atoms with Gasteiger partial charge < -0.3 is 25.3 Å². The summed E-state index contributed by atoms with van der Waals surface area (Å²) in [6.07, 6.45) is 1.62. The van der Waals surface area contributed by atoms with Gasteiger partial charge in [-0.25, -0.2) is 4.99 Å². The fraction of sp³-hybridized carbons (Fsp3) is 0.435. The molecule has 0 radical (unpaired) electrons. The van der Waals surface area contributed by atoms with Crippen LogP contribution in [0.3, 0.4) is 0 Å². The van der Waals surface area contributed by atoms with Crippen LogP contribution in [0.4, 0.5) is 5.69 Å². The average molecular weight is 522 g/mol. The molecule has 0 bridgehead atoms. The highest BCUT2D eigenvalue weighted by molar-refractivity contribution is 14.0. The van der Waals surface area contributed by atoms with E-state index in [2.05, 4.69) is 28.1 Å². The Hall–Kier alpha value is -2.00. The zero-order chi connectivity index (χ0) is 20.3. The van der Waals surface area contributed by atoms with Crippen molar-refractivity contribution in [3.05, 3.63) is 59.7 Å². The number of aryl methyl sites for hydroxylation is 1. The molecule has 1 atom stereocenters. The Morgan fingerprint density at radius 2 is 1.77 bits per heavy atom. The quantitative estimate of drug-likeness (QED) is 0.328. The molecule has 7 heteroatoms. The molecule has 0 aromatic heterocycles. The third-order valence-corrected chi connectivity index (χ3v) is 5.95. The molecule has 162 valence electrons. The number of aliphatic hydroxyl groups is 1. The van der Waals surface area contributed by atoms with Gasteiger partial charge >= 0.3 is 0 Å². The number of guanidine groups is 1. The maximum Gasteiger partial charge on any atom is 0.194 e. The van der Waals surface area contributed by atoms with Crippen molar-refractivity contribution in [2.75, 3.05) is 44.2 Å². The van der Waals surface area contributed by atoms with E-state index in [0.717, 1.165) is 62.8 Å². The number of para-hydroxylation sites is 2. The van der Waals surface area contributed by atoms with Crippen LogP contribution in [0, 0.1) is 0 Å². The normalized spacial score (nSPS) is 21.2. The van der Waals surface area contributed by atoms with Gasteiger partial charge in [0.05, 0.1) is 12.2 Å². The number of benzene rings is 2. The molecule has 1 unspecified atom stereocenters. The Labute approximate surface area is 195 Å². The summed E-state index contributed by atoms with van der Waals surface area (Å²) < 4.78 is 0. The number of anilines is 1. The molecule has 0 saturated carbocycles. The number of phenolic OH excluding ortho intramolecular Hbond substituents is 1. The highest BCUT2D eigenvalue weighted by Crippen LogP contribution is 2.37. The van der Waals surface area contributed by atoms with Gasteiger partial charge in [-0.05, 0) is 43.0 Å². The Morgan fingerprint density at radius 1 is 1.07 bits per heavy atom. The van der Waals surface area contributed by atoms with E-state index in [1.807, 2.05) is 36.4 Å². The summed E-state index contributed by atoms with van der Waals surface area (Å²) in [7, 11) is 0. The van der Waals surface area contributed by atoms with Crippen LogP contribution in [0.5, 0.6) is 5.75 Å². The molecular formula is C23H31IN4O2. The van der Waals surface area contributed by atoms with Crippen molar-refractivity contribution in [1.29, 1.82) is 0 Å². The summed E-state index contributed by atoms with van der Waals surface area (Å²) >= 11 is 0. The summed E-state index contributed by atoms with van der Waals surface area (Å²) in [5.41, 5.74) is 2.25. The molecule has 3 N–H and O–H groups in total. The van der Waals surface area contributed by atoms with E-state index < -0.39 is 5.60 Å². The molecule has 1 heterocycles. The van der Waals surface area contributed by atoms with E-state index in [0.29, 0.717) is 12.3 Å². The van der Waals surface area contributed by atoms with Crippen LogP contribution in [0.1, 0.15) is 24.5 Å². The zero-order valence-electron chi connectivity index (χ0n) is 17.4. The molecule has 0 spiro atoms. The molecule has 1 saturated heterocycles. The minimum Gasteiger partial charge on any atom is -0.506 e. The number of nitrogens with zero attached hydrogens (tertiary/aromatic N) is 3. The van der Waals surface area contributed by atoms with Crippen molar-refractivity contribution in [1.82, 2.24) is 10.2 Å². The highest BCUT2D eigenvalue weighted by Gasteiger charge is 2.36. The van der Waals surface area contributed by atoms with Crippen molar-refractivity contribution in [2.45, 2.75) is 25.4 Å². The molecule has 6 nitrogen and oxygen atoms in total. The molecule has 2 aliphatic rings. The summed E-state index contributed by atoms with van der Waals surface area (Å²) in [5, 5.41) is 24.7. The number of piperazine rings is 1. The third-order valence-electron chi connectivity index (χ3n) is 5.95. The molecule has 30 heavy (non-hydrogen) atoms. The van der Waals surface area contributed by atoms with E-state index >= 15 is 0 Å². The molecule has 4 rings (SSSR count). The fourth-order valence-corrected chi connectivity index (χ4v) is 4.35. The lowest BCUT2D eigenvalue weighted by atomic mass is 9.96. The Morgan fingerprint density at radius 3 is 2.50 bits per heavy atom. The summed E-state index contributed by atoms with van der Waals surface area (Å²) in [5.74, 6) is 1.17. The van der Waals surface area contributed by atoms with Crippen LogP contribution in [-0.4, -0.2) is 60.3 Å². The molecule has 0 amide bonds. The lowest BCUT2D eigenvalue weighted by Crippen LogP contribution is -2.53. The largest absolute Gasteiger partial charge is 0.506 e. The number of hydrogen-bond donors (Lipinski definition) is 3. The van der Waals surface area contributed by atoms with E-state index in [1.165, 1.54) is 5.56 Å². The first kappa shape index (κ1) is 22.7. The molecule has 1 fully saturated rings. The topological polar surface area (TPSA) is 71.3 Å². The van der Waals surface area contributed by atoms with Gasteiger partial charge in [0, 0.05) is 32.7 Å². The SMILES string of the molecule is CCNC(=NCC1(O)CCc2ccccc21)N1CCN(c2ccccc2O)CC1.I. The van der Waals surface area contributed by atoms with E-state index in [9.17, 15) is 10.2 Å². The van der Waals surface area contributed by atoms with E-state index in [4.69, 9.17) is 4.99 Å². The molecule has 1 aliphatic heterocycles. The summed E-state index contributed by atoms with van der Waals surface area (Å²) in [6, 6.07) is 15.6. The smallest absolute Gasteiger partial charge is 0.194 e. The summed E-state index contributed by atoms with van der Waals surface area (Å²) in [6.45, 7) is 6.47. The van der Waals surface area contributed by atoms with Crippen molar-refractivity contribution in [3.63, 3.8) is 0 Å². The first-order chi connectivity index (χ1) is 14.1. The van der Waals surface area contributed by atoms with Gasteiger partial charge in [-0.15, -0.1) is 24.0 Å². The summed E-state index contributed by atoms with van der Waals surface area (Å²) in [4.78, 5) is 9.26. The highest BCUT2D eigenvalue weighted by atomic mass is 127.